The SMILES string of the molecule is COc1ccccc1C=Nn1c(-c2ccco2)csc1=NCCc1ccccc1. The minimum atomic E-state index is 0.687. The van der Waals surface area contributed by atoms with Crippen molar-refractivity contribution in [1.82, 2.24) is 4.68 Å². The Hall–Kier alpha value is -3.38. The van der Waals surface area contributed by atoms with Gasteiger partial charge in [0, 0.05) is 17.5 Å². The van der Waals surface area contributed by atoms with E-state index >= 15 is 0 Å². The Morgan fingerprint density at radius 3 is 2.66 bits per heavy atom. The Kier molecular flexibility index (Phi) is 6.02. The van der Waals surface area contributed by atoms with Crippen LogP contribution in [0, 0.1) is 0 Å². The second kappa shape index (κ2) is 9.21. The highest BCUT2D eigenvalue weighted by Crippen LogP contribution is 2.21. The van der Waals surface area contributed by atoms with E-state index < -0.39 is 0 Å². The molecule has 5 nitrogen and oxygen atoms in total. The first-order chi connectivity index (χ1) is 14.3. The van der Waals surface area contributed by atoms with Gasteiger partial charge in [-0.2, -0.15) is 5.10 Å². The quantitative estimate of drug-likeness (QED) is 0.415. The molecule has 0 saturated heterocycles. The lowest BCUT2D eigenvalue weighted by Gasteiger charge is -2.04. The van der Waals surface area contributed by atoms with Crippen LogP contribution < -0.4 is 9.54 Å². The van der Waals surface area contributed by atoms with E-state index in [0.717, 1.165) is 34.0 Å². The second-order valence-electron chi connectivity index (χ2n) is 6.30. The van der Waals surface area contributed by atoms with Crippen molar-refractivity contribution in [3.63, 3.8) is 0 Å². The topological polar surface area (TPSA) is 52.0 Å². The van der Waals surface area contributed by atoms with E-state index in [-0.39, 0.29) is 0 Å². The molecule has 6 heteroatoms. The first-order valence-corrected chi connectivity index (χ1v) is 10.2. The monoisotopic (exact) mass is 403 g/mol. The second-order valence-corrected chi connectivity index (χ2v) is 7.13. The molecule has 4 aromatic rings. The number of ether oxygens (including phenoxy) is 1. The molecule has 0 bridgehead atoms. The van der Waals surface area contributed by atoms with Crippen LogP contribution in [0.3, 0.4) is 0 Å². The number of benzene rings is 2. The highest BCUT2D eigenvalue weighted by molar-refractivity contribution is 7.07. The van der Waals surface area contributed by atoms with E-state index in [2.05, 4.69) is 12.1 Å². The first kappa shape index (κ1) is 19.0. The zero-order valence-corrected chi connectivity index (χ0v) is 16.9. The molecule has 0 amide bonds. The average Bonchev–Trinajstić information content (AvgIpc) is 3.43. The molecule has 2 aromatic heterocycles. The van der Waals surface area contributed by atoms with E-state index in [9.17, 15) is 0 Å². The van der Waals surface area contributed by atoms with Gasteiger partial charge >= 0.3 is 0 Å². The summed E-state index contributed by atoms with van der Waals surface area (Å²) in [5, 5.41) is 6.71. The summed E-state index contributed by atoms with van der Waals surface area (Å²) in [7, 11) is 1.66. The highest BCUT2D eigenvalue weighted by Gasteiger charge is 2.10. The van der Waals surface area contributed by atoms with E-state index in [4.69, 9.17) is 19.2 Å². The van der Waals surface area contributed by atoms with Crippen molar-refractivity contribution < 1.29 is 9.15 Å². The van der Waals surface area contributed by atoms with Crippen LogP contribution in [-0.4, -0.2) is 24.5 Å². The van der Waals surface area contributed by atoms with Crippen molar-refractivity contribution in [3.05, 3.63) is 94.3 Å². The van der Waals surface area contributed by atoms with Crippen molar-refractivity contribution in [3.8, 4) is 17.2 Å². The van der Waals surface area contributed by atoms with Crippen LogP contribution in [0.2, 0.25) is 0 Å². The molecule has 146 valence electrons. The zero-order valence-electron chi connectivity index (χ0n) is 16.1. The first-order valence-electron chi connectivity index (χ1n) is 9.31. The lowest BCUT2D eigenvalue weighted by atomic mass is 10.2. The van der Waals surface area contributed by atoms with Crippen molar-refractivity contribution >= 4 is 17.6 Å². The van der Waals surface area contributed by atoms with Gasteiger partial charge in [0.1, 0.15) is 11.4 Å². The third-order valence-electron chi connectivity index (χ3n) is 4.40. The van der Waals surface area contributed by atoms with Crippen molar-refractivity contribution in [2.45, 2.75) is 6.42 Å². The minimum absolute atomic E-state index is 0.687. The fourth-order valence-corrected chi connectivity index (χ4v) is 3.78. The van der Waals surface area contributed by atoms with E-state index in [1.807, 2.05) is 64.7 Å². The summed E-state index contributed by atoms with van der Waals surface area (Å²) < 4.78 is 12.8. The molecule has 0 aliphatic carbocycles. The molecule has 0 fully saturated rings. The molecule has 0 radical (unpaired) electrons. The van der Waals surface area contributed by atoms with Gasteiger partial charge < -0.3 is 9.15 Å². The number of hydrogen-bond donors (Lipinski definition) is 0. The lowest BCUT2D eigenvalue weighted by molar-refractivity contribution is 0.414. The van der Waals surface area contributed by atoms with E-state index in [1.54, 1.807) is 30.9 Å². The van der Waals surface area contributed by atoms with Gasteiger partial charge in [0.25, 0.3) is 0 Å². The maximum Gasteiger partial charge on any atom is 0.206 e. The number of para-hydroxylation sites is 1. The minimum Gasteiger partial charge on any atom is -0.496 e. The van der Waals surface area contributed by atoms with E-state index in [0.29, 0.717) is 6.54 Å². The third kappa shape index (κ3) is 4.55. The molecule has 0 unspecified atom stereocenters. The fourth-order valence-electron chi connectivity index (χ4n) is 2.93. The molecule has 0 N–H and O–H groups in total. The van der Waals surface area contributed by atoms with Gasteiger partial charge in [-0.15, -0.1) is 11.3 Å². The maximum absolute atomic E-state index is 5.59. The molecular formula is C23H21N3O2S. The number of methoxy groups -OCH3 is 1. The van der Waals surface area contributed by atoms with Crippen LogP contribution >= 0.6 is 11.3 Å². The van der Waals surface area contributed by atoms with Gasteiger partial charge in [0.2, 0.25) is 4.80 Å². The van der Waals surface area contributed by atoms with E-state index in [1.165, 1.54) is 5.56 Å². The summed E-state index contributed by atoms with van der Waals surface area (Å²) in [6, 6.07) is 21.9. The summed E-state index contributed by atoms with van der Waals surface area (Å²) in [4.78, 5) is 5.60. The van der Waals surface area contributed by atoms with Crippen LogP contribution in [0.5, 0.6) is 5.75 Å². The van der Waals surface area contributed by atoms with Crippen LogP contribution in [0.4, 0.5) is 0 Å². The standard InChI is InChI=1S/C23H21N3O2S/c1-27-21-11-6-5-10-19(21)16-25-26-20(22-12-7-15-28-22)17-29-23(26)24-14-13-18-8-3-2-4-9-18/h2-12,15-17H,13-14H2,1H3. The number of furan rings is 1. The average molecular weight is 404 g/mol. The lowest BCUT2D eigenvalue weighted by Crippen LogP contribution is -2.13. The summed E-state index contributed by atoms with van der Waals surface area (Å²) in [5.41, 5.74) is 3.03. The predicted octanol–water partition coefficient (Wildman–Crippen LogP) is 4.84. The molecule has 29 heavy (non-hydrogen) atoms. The highest BCUT2D eigenvalue weighted by atomic mass is 32.1. The largest absolute Gasteiger partial charge is 0.496 e. The van der Waals surface area contributed by atoms with Crippen LogP contribution in [-0.2, 0) is 6.42 Å². The molecule has 0 aliphatic rings. The summed E-state index contributed by atoms with van der Waals surface area (Å²) >= 11 is 1.55. The number of aromatic nitrogens is 1. The molecule has 0 spiro atoms. The Morgan fingerprint density at radius 2 is 1.86 bits per heavy atom. The van der Waals surface area contributed by atoms with Crippen LogP contribution in [0.15, 0.2) is 92.9 Å². The molecule has 4 rings (SSSR count). The Labute approximate surface area is 173 Å². The van der Waals surface area contributed by atoms with Gasteiger partial charge in [-0.3, -0.25) is 4.99 Å². The van der Waals surface area contributed by atoms with Crippen molar-refractivity contribution in [1.29, 1.82) is 0 Å². The number of thiazole rings is 1. The normalized spacial score (nSPS) is 12.0. The number of nitrogens with zero attached hydrogens (tertiary/aromatic N) is 3. The summed E-state index contributed by atoms with van der Waals surface area (Å²) in [5.74, 6) is 1.53. The maximum atomic E-state index is 5.59. The van der Waals surface area contributed by atoms with Crippen LogP contribution in [0.1, 0.15) is 11.1 Å². The molecule has 2 aromatic carbocycles. The Bertz CT molecular complexity index is 1140. The smallest absolute Gasteiger partial charge is 0.206 e. The fraction of sp³-hybridized carbons (Fsp3) is 0.130. The Balaban J connectivity index is 1.67. The zero-order chi connectivity index (χ0) is 19.9. The summed E-state index contributed by atoms with van der Waals surface area (Å²) in [6.07, 6.45) is 4.33. The van der Waals surface area contributed by atoms with Crippen LogP contribution in [0.25, 0.3) is 11.5 Å². The van der Waals surface area contributed by atoms with Crippen molar-refractivity contribution in [2.24, 2.45) is 10.1 Å². The third-order valence-corrected chi connectivity index (χ3v) is 5.25. The molecule has 0 saturated carbocycles. The van der Waals surface area contributed by atoms with Gasteiger partial charge in [-0.1, -0.05) is 42.5 Å². The predicted molar refractivity (Wildman–Crippen MR) is 117 cm³/mol. The molecule has 0 atom stereocenters. The molecule has 2 heterocycles. The van der Waals surface area contributed by atoms with Gasteiger partial charge in [0.05, 0.1) is 19.6 Å². The van der Waals surface area contributed by atoms with Gasteiger partial charge in [-0.25, -0.2) is 4.68 Å². The number of hydrogen-bond acceptors (Lipinski definition) is 5. The van der Waals surface area contributed by atoms with Crippen molar-refractivity contribution in [2.75, 3.05) is 13.7 Å². The molecular weight excluding hydrogens is 382 g/mol. The molecule has 0 aliphatic heterocycles. The van der Waals surface area contributed by atoms with Gasteiger partial charge in [0.15, 0.2) is 5.76 Å². The Morgan fingerprint density at radius 1 is 1.03 bits per heavy atom. The number of rotatable bonds is 7. The summed E-state index contributed by atoms with van der Waals surface area (Å²) in [6.45, 7) is 0.687. The van der Waals surface area contributed by atoms with Gasteiger partial charge in [-0.05, 0) is 36.2 Å².